The monoisotopic (exact) mass is 227 g/mol. The van der Waals surface area contributed by atoms with Crippen LogP contribution in [0.3, 0.4) is 0 Å². The summed E-state index contributed by atoms with van der Waals surface area (Å²) in [6.45, 7) is 0. The predicted octanol–water partition coefficient (Wildman–Crippen LogP) is 3.32. The third-order valence-electron chi connectivity index (χ3n) is 2.41. The Kier molecular flexibility index (Phi) is 2.36. The van der Waals surface area contributed by atoms with Gasteiger partial charge in [-0.25, -0.2) is 4.79 Å². The minimum Gasteiger partial charge on any atom is -0.211 e. The molecule has 1 saturated carbocycles. The Hall–Kier alpha value is -0.820. The number of carbonyl (C=O) groups excluding carboxylic acids is 1. The summed E-state index contributed by atoms with van der Waals surface area (Å²) < 4.78 is 0. The summed E-state index contributed by atoms with van der Waals surface area (Å²) in [6, 6.07) is 5.28. The van der Waals surface area contributed by atoms with Crippen LogP contribution in [0, 0.1) is 0 Å². The molecule has 0 unspecified atom stereocenters. The second-order valence-electron chi connectivity index (χ2n) is 3.33. The molecule has 14 heavy (non-hydrogen) atoms. The van der Waals surface area contributed by atoms with Crippen molar-refractivity contribution in [2.24, 2.45) is 4.99 Å². The van der Waals surface area contributed by atoms with Crippen molar-refractivity contribution < 1.29 is 4.79 Å². The second-order valence-corrected chi connectivity index (χ2v) is 4.15. The molecule has 0 atom stereocenters. The minimum absolute atomic E-state index is 0.489. The van der Waals surface area contributed by atoms with E-state index >= 15 is 0 Å². The quantitative estimate of drug-likeness (QED) is 0.563. The van der Waals surface area contributed by atoms with E-state index in [0.29, 0.717) is 10.0 Å². The molecule has 0 heterocycles. The normalized spacial score (nSPS) is 17.3. The summed E-state index contributed by atoms with van der Waals surface area (Å²) in [6.07, 6.45) is 3.20. The largest absolute Gasteiger partial charge is 0.235 e. The summed E-state index contributed by atoms with van der Waals surface area (Å²) in [5, 5.41) is 1.13. The Balaban J connectivity index is 2.56. The van der Waals surface area contributed by atoms with Crippen molar-refractivity contribution in [2.75, 3.05) is 0 Å². The van der Waals surface area contributed by atoms with Crippen LogP contribution in [0.1, 0.15) is 18.4 Å². The first-order chi connectivity index (χ1) is 6.69. The topological polar surface area (TPSA) is 29.4 Å². The van der Waals surface area contributed by atoms with Crippen LogP contribution >= 0.6 is 23.2 Å². The van der Waals surface area contributed by atoms with Gasteiger partial charge in [-0.05, 0) is 25.0 Å². The fourth-order valence-electron chi connectivity index (χ4n) is 1.57. The molecule has 0 N–H and O–H groups in total. The second kappa shape index (κ2) is 3.39. The summed E-state index contributed by atoms with van der Waals surface area (Å²) in [5.74, 6) is 0. The third-order valence-corrected chi connectivity index (χ3v) is 3.04. The zero-order valence-corrected chi connectivity index (χ0v) is 8.77. The highest BCUT2D eigenvalue weighted by atomic mass is 35.5. The molecule has 0 aliphatic heterocycles. The number of nitrogens with zero attached hydrogens (tertiary/aromatic N) is 1. The van der Waals surface area contributed by atoms with Gasteiger partial charge in [0.25, 0.3) is 0 Å². The number of benzene rings is 1. The lowest BCUT2D eigenvalue weighted by atomic mass is 10.1. The van der Waals surface area contributed by atoms with Gasteiger partial charge in [0.15, 0.2) is 0 Å². The summed E-state index contributed by atoms with van der Waals surface area (Å²) in [7, 11) is 0. The van der Waals surface area contributed by atoms with Crippen molar-refractivity contribution in [2.45, 2.75) is 18.4 Å². The van der Waals surface area contributed by atoms with E-state index in [4.69, 9.17) is 23.2 Å². The molecule has 4 heteroatoms. The first-order valence-corrected chi connectivity index (χ1v) is 4.99. The number of aliphatic imine (C=N–C) groups is 1. The lowest BCUT2D eigenvalue weighted by Gasteiger charge is -2.11. The maximum absolute atomic E-state index is 10.3. The third kappa shape index (κ3) is 1.46. The van der Waals surface area contributed by atoms with E-state index in [0.717, 1.165) is 18.4 Å². The summed E-state index contributed by atoms with van der Waals surface area (Å²) >= 11 is 12.0. The van der Waals surface area contributed by atoms with E-state index in [2.05, 4.69) is 4.99 Å². The van der Waals surface area contributed by atoms with Crippen molar-refractivity contribution in [3.05, 3.63) is 33.8 Å². The molecule has 0 saturated heterocycles. The molecule has 1 aliphatic carbocycles. The van der Waals surface area contributed by atoms with Crippen LogP contribution in [0.4, 0.5) is 0 Å². The maximum Gasteiger partial charge on any atom is 0.235 e. The van der Waals surface area contributed by atoms with Crippen LogP contribution in [0.25, 0.3) is 0 Å². The van der Waals surface area contributed by atoms with Crippen molar-refractivity contribution in [3.63, 3.8) is 0 Å². The number of hydrogen-bond acceptors (Lipinski definition) is 2. The lowest BCUT2D eigenvalue weighted by molar-refractivity contribution is 0.556. The highest BCUT2D eigenvalue weighted by molar-refractivity contribution is 6.36. The van der Waals surface area contributed by atoms with Crippen LogP contribution in [-0.2, 0) is 10.3 Å². The zero-order valence-electron chi connectivity index (χ0n) is 7.26. The molecule has 1 aromatic carbocycles. The average molecular weight is 228 g/mol. The number of halogens is 2. The van der Waals surface area contributed by atoms with E-state index in [1.54, 1.807) is 24.3 Å². The molecule has 1 fully saturated rings. The fourth-order valence-corrected chi connectivity index (χ4v) is 2.32. The molecule has 2 nitrogen and oxygen atoms in total. The minimum atomic E-state index is -0.489. The first kappa shape index (κ1) is 9.72. The van der Waals surface area contributed by atoms with E-state index in [1.165, 1.54) is 0 Å². The maximum atomic E-state index is 10.3. The van der Waals surface area contributed by atoms with Gasteiger partial charge in [-0.3, -0.25) is 0 Å². The van der Waals surface area contributed by atoms with Crippen LogP contribution in [0.15, 0.2) is 23.2 Å². The molecule has 1 aliphatic rings. The highest BCUT2D eigenvalue weighted by Crippen LogP contribution is 2.53. The zero-order chi connectivity index (χ0) is 10.2. The van der Waals surface area contributed by atoms with Gasteiger partial charge in [0.05, 0.1) is 0 Å². The van der Waals surface area contributed by atoms with Crippen molar-refractivity contribution in [1.29, 1.82) is 0 Å². The smallest absolute Gasteiger partial charge is 0.211 e. The van der Waals surface area contributed by atoms with Gasteiger partial charge in [-0.1, -0.05) is 29.3 Å². The van der Waals surface area contributed by atoms with E-state index in [-0.39, 0.29) is 0 Å². The Labute approximate surface area is 91.5 Å². The lowest BCUT2D eigenvalue weighted by Crippen LogP contribution is -2.04. The van der Waals surface area contributed by atoms with Crippen molar-refractivity contribution in [3.8, 4) is 0 Å². The number of isocyanates is 1. The van der Waals surface area contributed by atoms with Crippen LogP contribution in [-0.4, -0.2) is 6.08 Å². The van der Waals surface area contributed by atoms with Gasteiger partial charge < -0.3 is 0 Å². The van der Waals surface area contributed by atoms with Gasteiger partial charge in [0.1, 0.15) is 5.54 Å². The molecular formula is C10H7Cl2NO. The van der Waals surface area contributed by atoms with Gasteiger partial charge >= 0.3 is 0 Å². The molecule has 72 valence electrons. The highest BCUT2D eigenvalue weighted by Gasteiger charge is 2.47. The molecule has 1 aromatic rings. The molecule has 0 radical (unpaired) electrons. The van der Waals surface area contributed by atoms with E-state index in [9.17, 15) is 4.79 Å². The van der Waals surface area contributed by atoms with Crippen LogP contribution in [0.5, 0.6) is 0 Å². The van der Waals surface area contributed by atoms with Gasteiger partial charge in [-0.2, -0.15) is 4.99 Å². The standard InChI is InChI=1S/C10H7Cl2NO/c11-7-2-1-3-8(12)9(7)10(4-5-10)13-6-14/h1-3H,4-5H2. The Morgan fingerprint density at radius 1 is 1.29 bits per heavy atom. The van der Waals surface area contributed by atoms with Crippen molar-refractivity contribution >= 4 is 29.3 Å². The Morgan fingerprint density at radius 3 is 2.29 bits per heavy atom. The fraction of sp³-hybridized carbons (Fsp3) is 0.300. The van der Waals surface area contributed by atoms with Gasteiger partial charge in [0, 0.05) is 15.6 Å². The molecular weight excluding hydrogens is 221 g/mol. The van der Waals surface area contributed by atoms with E-state index in [1.807, 2.05) is 0 Å². The SMILES string of the molecule is O=C=NC1(c2c(Cl)cccc2Cl)CC1. The van der Waals surface area contributed by atoms with E-state index < -0.39 is 5.54 Å². The van der Waals surface area contributed by atoms with Gasteiger partial charge in [-0.15, -0.1) is 0 Å². The average Bonchev–Trinajstić information content (AvgIpc) is 2.86. The Morgan fingerprint density at radius 2 is 1.86 bits per heavy atom. The van der Waals surface area contributed by atoms with Gasteiger partial charge in [0.2, 0.25) is 6.08 Å². The molecule has 0 amide bonds. The molecule has 0 spiro atoms. The predicted molar refractivity (Wildman–Crippen MR) is 55.5 cm³/mol. The molecule has 2 rings (SSSR count). The van der Waals surface area contributed by atoms with Crippen LogP contribution in [0.2, 0.25) is 10.0 Å². The molecule has 0 bridgehead atoms. The number of hydrogen-bond donors (Lipinski definition) is 0. The van der Waals surface area contributed by atoms with Crippen LogP contribution < -0.4 is 0 Å². The Bertz CT molecular complexity index is 400. The number of rotatable bonds is 2. The molecule has 0 aromatic heterocycles. The van der Waals surface area contributed by atoms with Crippen molar-refractivity contribution in [1.82, 2.24) is 0 Å². The summed E-state index contributed by atoms with van der Waals surface area (Å²) in [4.78, 5) is 14.1. The first-order valence-electron chi connectivity index (χ1n) is 4.23. The summed E-state index contributed by atoms with van der Waals surface area (Å²) in [5.41, 5.74) is 0.267.